The van der Waals surface area contributed by atoms with Crippen molar-refractivity contribution in [2.24, 2.45) is 0 Å². The number of halogens is 1. The zero-order valence-electron chi connectivity index (χ0n) is 8.36. The van der Waals surface area contributed by atoms with Crippen LogP contribution in [0, 0.1) is 27.7 Å². The zero-order valence-corrected chi connectivity index (χ0v) is 9.12. The lowest BCUT2D eigenvalue weighted by Crippen LogP contribution is -1.99. The van der Waals surface area contributed by atoms with E-state index in [1.165, 1.54) is 0 Å². The van der Waals surface area contributed by atoms with E-state index in [0.29, 0.717) is 0 Å². The Kier molecular flexibility index (Phi) is 2.77. The summed E-state index contributed by atoms with van der Waals surface area (Å²) in [4.78, 5) is 10.8. The summed E-state index contributed by atoms with van der Waals surface area (Å²) >= 11 is 6.10. The second kappa shape index (κ2) is 3.51. The molecule has 0 aliphatic heterocycles. The Hall–Kier alpha value is -0.820. The van der Waals surface area contributed by atoms with Gasteiger partial charge in [0, 0.05) is 10.6 Å². The normalized spacial score (nSPS) is 10.2. The third kappa shape index (κ3) is 1.49. The van der Waals surface area contributed by atoms with E-state index in [1.54, 1.807) is 0 Å². The minimum absolute atomic E-state index is 0.777. The van der Waals surface area contributed by atoms with Crippen LogP contribution in [0.25, 0.3) is 0 Å². The van der Waals surface area contributed by atoms with Gasteiger partial charge in [-0.3, -0.25) is 4.79 Å². The van der Waals surface area contributed by atoms with Crippen molar-refractivity contribution in [3.63, 3.8) is 0 Å². The highest BCUT2D eigenvalue weighted by molar-refractivity contribution is 6.32. The summed E-state index contributed by atoms with van der Waals surface area (Å²) < 4.78 is 0. The Morgan fingerprint density at radius 3 is 1.62 bits per heavy atom. The van der Waals surface area contributed by atoms with E-state index >= 15 is 0 Å². The minimum atomic E-state index is 0.777. The van der Waals surface area contributed by atoms with Gasteiger partial charge in [-0.2, -0.15) is 0 Å². The van der Waals surface area contributed by atoms with Gasteiger partial charge in [0.05, 0.1) is 0 Å². The summed E-state index contributed by atoms with van der Waals surface area (Å²) in [7, 11) is 0. The Balaban J connectivity index is 3.66. The predicted octanol–water partition coefficient (Wildman–Crippen LogP) is 3.39. The molecule has 2 heteroatoms. The van der Waals surface area contributed by atoms with Gasteiger partial charge < -0.3 is 0 Å². The molecule has 1 rings (SSSR count). The molecule has 1 aromatic carbocycles. The van der Waals surface area contributed by atoms with Crippen LogP contribution in [0.15, 0.2) is 0 Å². The quantitative estimate of drug-likeness (QED) is 0.630. The lowest BCUT2D eigenvalue weighted by Gasteiger charge is -2.13. The Labute approximate surface area is 83.7 Å². The first-order valence-electron chi connectivity index (χ1n) is 4.21. The number of carbonyl (C=O) groups excluding carboxylic acids is 1. The maximum atomic E-state index is 10.8. The lowest BCUT2D eigenvalue weighted by molar-refractivity contribution is 0.112. The van der Waals surface area contributed by atoms with Gasteiger partial charge in [-0.25, -0.2) is 0 Å². The van der Waals surface area contributed by atoms with Crippen molar-refractivity contribution in [3.05, 3.63) is 32.8 Å². The highest BCUT2D eigenvalue weighted by atomic mass is 35.5. The van der Waals surface area contributed by atoms with Gasteiger partial charge in [0.25, 0.3) is 0 Å². The molecule has 13 heavy (non-hydrogen) atoms. The molecule has 0 atom stereocenters. The summed E-state index contributed by atoms with van der Waals surface area (Å²) in [6.07, 6.45) is 0.904. The third-order valence-electron chi connectivity index (χ3n) is 2.71. The van der Waals surface area contributed by atoms with Crippen LogP contribution in [0.5, 0.6) is 0 Å². The molecule has 0 saturated heterocycles. The fourth-order valence-corrected chi connectivity index (χ4v) is 1.76. The number of hydrogen-bond acceptors (Lipinski definition) is 1. The van der Waals surface area contributed by atoms with Gasteiger partial charge in [0.2, 0.25) is 0 Å². The fourth-order valence-electron chi connectivity index (χ4n) is 1.47. The van der Waals surface area contributed by atoms with E-state index in [9.17, 15) is 4.79 Å². The van der Waals surface area contributed by atoms with Crippen molar-refractivity contribution in [2.75, 3.05) is 0 Å². The van der Waals surface area contributed by atoms with Crippen molar-refractivity contribution < 1.29 is 4.79 Å². The molecule has 0 aromatic heterocycles. The molecule has 0 unspecified atom stereocenters. The van der Waals surface area contributed by atoms with Crippen LogP contribution in [0.2, 0.25) is 5.02 Å². The van der Waals surface area contributed by atoms with Crippen LogP contribution >= 0.6 is 11.6 Å². The zero-order chi connectivity index (χ0) is 10.2. The van der Waals surface area contributed by atoms with Gasteiger partial charge in [-0.1, -0.05) is 11.6 Å². The fraction of sp³-hybridized carbons (Fsp3) is 0.364. The third-order valence-corrected chi connectivity index (χ3v) is 3.28. The standard InChI is InChI=1S/C11H13ClO/c1-6-8(3)11(12)9(4)7(2)10(6)5-13/h5H,1-4H3. The van der Waals surface area contributed by atoms with Gasteiger partial charge in [-0.15, -0.1) is 0 Å². The predicted molar refractivity (Wildman–Crippen MR) is 55.8 cm³/mol. The molecule has 70 valence electrons. The van der Waals surface area contributed by atoms with Crippen LogP contribution in [0.1, 0.15) is 32.6 Å². The smallest absolute Gasteiger partial charge is 0.150 e. The topological polar surface area (TPSA) is 17.1 Å². The second-order valence-electron chi connectivity index (χ2n) is 3.35. The van der Waals surface area contributed by atoms with Gasteiger partial charge in [0.1, 0.15) is 0 Å². The van der Waals surface area contributed by atoms with Crippen LogP contribution < -0.4 is 0 Å². The molecule has 0 aliphatic carbocycles. The molecule has 0 amide bonds. The molecule has 0 saturated carbocycles. The molecule has 0 bridgehead atoms. The average Bonchev–Trinajstić information content (AvgIpc) is 2.13. The van der Waals surface area contributed by atoms with Crippen LogP contribution in [0.4, 0.5) is 0 Å². The Bertz CT molecular complexity index is 338. The summed E-state index contributed by atoms with van der Waals surface area (Å²) in [5.41, 5.74) is 4.77. The molecular weight excluding hydrogens is 184 g/mol. The largest absolute Gasteiger partial charge is 0.298 e. The lowest BCUT2D eigenvalue weighted by atomic mass is 9.95. The first kappa shape index (κ1) is 10.3. The molecule has 1 aromatic rings. The van der Waals surface area contributed by atoms with E-state index in [4.69, 9.17) is 11.6 Å². The van der Waals surface area contributed by atoms with E-state index < -0.39 is 0 Å². The molecule has 0 aliphatic rings. The number of aldehydes is 1. The summed E-state index contributed by atoms with van der Waals surface area (Å²) in [5.74, 6) is 0. The maximum absolute atomic E-state index is 10.8. The van der Waals surface area contributed by atoms with Gasteiger partial charge >= 0.3 is 0 Å². The minimum Gasteiger partial charge on any atom is -0.298 e. The van der Waals surface area contributed by atoms with Crippen molar-refractivity contribution in [3.8, 4) is 0 Å². The Morgan fingerprint density at radius 2 is 1.31 bits per heavy atom. The first-order valence-corrected chi connectivity index (χ1v) is 4.59. The van der Waals surface area contributed by atoms with Crippen LogP contribution in [-0.2, 0) is 0 Å². The molecule has 0 radical (unpaired) electrons. The van der Waals surface area contributed by atoms with Crippen LogP contribution in [0.3, 0.4) is 0 Å². The molecule has 0 N–H and O–H groups in total. The molecule has 1 nitrogen and oxygen atoms in total. The maximum Gasteiger partial charge on any atom is 0.150 e. The molecule has 0 spiro atoms. The Morgan fingerprint density at radius 1 is 0.923 bits per heavy atom. The molecule has 0 fully saturated rings. The highest BCUT2D eigenvalue weighted by Crippen LogP contribution is 2.29. The number of carbonyl (C=O) groups is 1. The molecule has 0 heterocycles. The SMILES string of the molecule is Cc1c(C)c(C=O)c(C)c(C)c1Cl. The average molecular weight is 197 g/mol. The summed E-state index contributed by atoms with van der Waals surface area (Å²) in [6, 6.07) is 0. The van der Waals surface area contributed by atoms with E-state index in [1.807, 2.05) is 27.7 Å². The van der Waals surface area contributed by atoms with Crippen LogP contribution in [-0.4, -0.2) is 6.29 Å². The van der Waals surface area contributed by atoms with Crippen molar-refractivity contribution in [2.45, 2.75) is 27.7 Å². The van der Waals surface area contributed by atoms with E-state index in [2.05, 4.69) is 0 Å². The highest BCUT2D eigenvalue weighted by Gasteiger charge is 2.11. The summed E-state index contributed by atoms with van der Waals surface area (Å²) in [6.45, 7) is 7.74. The second-order valence-corrected chi connectivity index (χ2v) is 3.72. The number of rotatable bonds is 1. The first-order chi connectivity index (χ1) is 6.00. The monoisotopic (exact) mass is 196 g/mol. The van der Waals surface area contributed by atoms with Crippen molar-refractivity contribution >= 4 is 17.9 Å². The van der Waals surface area contributed by atoms with Gasteiger partial charge in [-0.05, 0) is 49.9 Å². The van der Waals surface area contributed by atoms with E-state index in [-0.39, 0.29) is 0 Å². The van der Waals surface area contributed by atoms with Crippen molar-refractivity contribution in [1.82, 2.24) is 0 Å². The van der Waals surface area contributed by atoms with E-state index in [0.717, 1.165) is 39.1 Å². The number of benzene rings is 1. The summed E-state index contributed by atoms with van der Waals surface area (Å²) in [5, 5.41) is 0.778. The van der Waals surface area contributed by atoms with Crippen molar-refractivity contribution in [1.29, 1.82) is 0 Å². The van der Waals surface area contributed by atoms with Gasteiger partial charge in [0.15, 0.2) is 6.29 Å². The number of hydrogen-bond donors (Lipinski definition) is 0. The molecular formula is C11H13ClO.